The molecule has 0 N–H and O–H groups in total. The number of hydrogen-bond acceptors (Lipinski definition) is 5. The van der Waals surface area contributed by atoms with Gasteiger partial charge >= 0.3 is 11.9 Å². The van der Waals surface area contributed by atoms with Gasteiger partial charge < -0.3 is 9.47 Å². The molecule has 0 bridgehead atoms. The molecule has 0 aromatic rings. The van der Waals surface area contributed by atoms with E-state index in [9.17, 15) is 14.4 Å². The molecule has 0 spiro atoms. The summed E-state index contributed by atoms with van der Waals surface area (Å²) in [6.45, 7) is 5.62. The van der Waals surface area contributed by atoms with E-state index in [1.807, 2.05) is 0 Å². The van der Waals surface area contributed by atoms with E-state index in [2.05, 4.69) is 6.92 Å². The van der Waals surface area contributed by atoms with Crippen molar-refractivity contribution in [1.82, 2.24) is 0 Å². The lowest BCUT2D eigenvalue weighted by Gasteiger charge is -2.09. The monoisotopic (exact) mass is 328 g/mol. The molecule has 0 rings (SSSR count). The van der Waals surface area contributed by atoms with E-state index in [-0.39, 0.29) is 18.2 Å². The van der Waals surface area contributed by atoms with Crippen molar-refractivity contribution in [3.8, 4) is 0 Å². The molecule has 134 valence electrons. The van der Waals surface area contributed by atoms with Crippen LogP contribution in [0.3, 0.4) is 0 Å². The highest BCUT2D eigenvalue weighted by molar-refractivity contribution is 5.83. The summed E-state index contributed by atoms with van der Waals surface area (Å²) >= 11 is 0. The first-order valence-electron chi connectivity index (χ1n) is 8.83. The Labute approximate surface area is 140 Å². The molecule has 0 aromatic heterocycles. The molecule has 0 amide bonds. The van der Waals surface area contributed by atoms with Gasteiger partial charge in [0.2, 0.25) is 0 Å². The van der Waals surface area contributed by atoms with Crippen molar-refractivity contribution in [2.75, 3.05) is 6.61 Å². The van der Waals surface area contributed by atoms with Gasteiger partial charge in [-0.05, 0) is 33.1 Å². The zero-order chi connectivity index (χ0) is 17.5. The maximum atomic E-state index is 11.5. The van der Waals surface area contributed by atoms with Crippen molar-refractivity contribution in [3.05, 3.63) is 0 Å². The Balaban J connectivity index is 3.46. The molecule has 5 heteroatoms. The van der Waals surface area contributed by atoms with Gasteiger partial charge in [-0.25, -0.2) is 0 Å². The summed E-state index contributed by atoms with van der Waals surface area (Å²) in [5, 5.41) is 0. The first-order chi connectivity index (χ1) is 11.0. The van der Waals surface area contributed by atoms with Crippen molar-refractivity contribution in [1.29, 1.82) is 0 Å². The van der Waals surface area contributed by atoms with Gasteiger partial charge in [0.05, 0.1) is 6.61 Å². The molecule has 5 nitrogen and oxygen atoms in total. The van der Waals surface area contributed by atoms with Crippen LogP contribution in [0, 0.1) is 0 Å². The molecule has 1 atom stereocenters. The van der Waals surface area contributed by atoms with Crippen LogP contribution in [0.2, 0.25) is 0 Å². The van der Waals surface area contributed by atoms with Crippen molar-refractivity contribution >= 4 is 17.7 Å². The number of Topliss-reactive ketones (excluding diaryl/α,β-unsaturated/α-hetero) is 1. The molecule has 0 saturated carbocycles. The fourth-order valence-corrected chi connectivity index (χ4v) is 2.02. The molecule has 0 aliphatic carbocycles. The topological polar surface area (TPSA) is 69.7 Å². The Morgan fingerprint density at radius 1 is 0.826 bits per heavy atom. The van der Waals surface area contributed by atoms with Gasteiger partial charge in [-0.2, -0.15) is 0 Å². The Hall–Kier alpha value is -1.39. The third kappa shape index (κ3) is 14.0. The first kappa shape index (κ1) is 21.6. The molecule has 0 radical (unpaired) electrons. The zero-order valence-electron chi connectivity index (χ0n) is 14.9. The van der Waals surface area contributed by atoms with Crippen molar-refractivity contribution < 1.29 is 23.9 Å². The van der Waals surface area contributed by atoms with Gasteiger partial charge in [-0.3, -0.25) is 14.4 Å². The largest absolute Gasteiger partial charge is 0.466 e. The number of ketones is 1. The van der Waals surface area contributed by atoms with Crippen LogP contribution in [0.15, 0.2) is 0 Å². The number of ether oxygens (including phenoxy) is 2. The van der Waals surface area contributed by atoms with E-state index in [1.165, 1.54) is 32.6 Å². The third-order valence-electron chi connectivity index (χ3n) is 3.65. The summed E-state index contributed by atoms with van der Waals surface area (Å²) in [5.74, 6) is -0.770. The van der Waals surface area contributed by atoms with Crippen LogP contribution in [0.25, 0.3) is 0 Å². The minimum absolute atomic E-state index is 0.170. The molecule has 0 saturated heterocycles. The second-order valence-corrected chi connectivity index (χ2v) is 5.94. The molecule has 0 heterocycles. The Morgan fingerprint density at radius 2 is 1.39 bits per heavy atom. The number of esters is 2. The summed E-state index contributed by atoms with van der Waals surface area (Å²) in [5.41, 5.74) is 0. The molecule has 0 fully saturated rings. The number of hydrogen-bond donors (Lipinski definition) is 0. The van der Waals surface area contributed by atoms with Gasteiger partial charge in [-0.1, -0.05) is 39.0 Å². The van der Waals surface area contributed by atoms with Gasteiger partial charge in [-0.15, -0.1) is 0 Å². The van der Waals surface area contributed by atoms with Gasteiger partial charge in [0.25, 0.3) is 0 Å². The Bertz CT molecular complexity index is 351. The fourth-order valence-electron chi connectivity index (χ4n) is 2.02. The van der Waals surface area contributed by atoms with Crippen molar-refractivity contribution in [2.24, 2.45) is 0 Å². The average molecular weight is 328 g/mol. The average Bonchev–Trinajstić information content (AvgIpc) is 2.50. The van der Waals surface area contributed by atoms with E-state index in [4.69, 9.17) is 9.47 Å². The first-order valence-corrected chi connectivity index (χ1v) is 8.83. The van der Waals surface area contributed by atoms with Gasteiger partial charge in [0.1, 0.15) is 0 Å². The maximum absolute atomic E-state index is 11.5. The third-order valence-corrected chi connectivity index (χ3v) is 3.65. The lowest BCUT2D eigenvalue weighted by atomic mass is 10.1. The lowest BCUT2D eigenvalue weighted by molar-refractivity contribution is -0.153. The highest BCUT2D eigenvalue weighted by Gasteiger charge is 2.13. The van der Waals surface area contributed by atoms with Gasteiger partial charge in [0.15, 0.2) is 11.9 Å². The number of unbranched alkanes of at least 4 members (excludes halogenated alkanes) is 6. The molecule has 1 unspecified atom stereocenters. The SMILES string of the molecule is CCCCCCCCOC(=O)CCCCC(=O)OC(C)C(C)=O. The standard InChI is InChI=1S/C18H32O5/c1-4-5-6-7-8-11-14-22-17(20)12-9-10-13-18(21)23-16(3)15(2)19/h16H,4-14H2,1-3H3. The second-order valence-electron chi connectivity index (χ2n) is 5.94. The molecule has 23 heavy (non-hydrogen) atoms. The Kier molecular flexibility index (Phi) is 13.4. The predicted octanol–water partition coefficient (Wildman–Crippen LogP) is 3.97. The predicted molar refractivity (Wildman–Crippen MR) is 89.0 cm³/mol. The normalized spacial score (nSPS) is 11.8. The van der Waals surface area contributed by atoms with Gasteiger partial charge in [0, 0.05) is 12.8 Å². The maximum Gasteiger partial charge on any atom is 0.306 e. The summed E-state index contributed by atoms with van der Waals surface area (Å²) in [6.07, 6.45) is 8.00. The molecular formula is C18H32O5. The van der Waals surface area contributed by atoms with Crippen LogP contribution in [-0.2, 0) is 23.9 Å². The highest BCUT2D eigenvalue weighted by Crippen LogP contribution is 2.07. The van der Waals surface area contributed by atoms with E-state index in [1.54, 1.807) is 6.92 Å². The highest BCUT2D eigenvalue weighted by atomic mass is 16.5. The van der Waals surface area contributed by atoms with E-state index in [0.29, 0.717) is 25.9 Å². The van der Waals surface area contributed by atoms with Crippen LogP contribution in [0.5, 0.6) is 0 Å². The van der Waals surface area contributed by atoms with E-state index in [0.717, 1.165) is 12.8 Å². The molecule has 0 aliphatic rings. The van der Waals surface area contributed by atoms with Crippen LogP contribution >= 0.6 is 0 Å². The summed E-state index contributed by atoms with van der Waals surface area (Å²) in [4.78, 5) is 33.9. The number of carbonyl (C=O) groups excluding carboxylic acids is 3. The summed E-state index contributed by atoms with van der Waals surface area (Å²) in [7, 11) is 0. The van der Waals surface area contributed by atoms with Crippen molar-refractivity contribution in [2.45, 2.75) is 91.1 Å². The number of carbonyl (C=O) groups is 3. The van der Waals surface area contributed by atoms with Crippen LogP contribution < -0.4 is 0 Å². The minimum atomic E-state index is -0.690. The minimum Gasteiger partial charge on any atom is -0.466 e. The van der Waals surface area contributed by atoms with E-state index < -0.39 is 12.1 Å². The smallest absolute Gasteiger partial charge is 0.306 e. The fraction of sp³-hybridized carbons (Fsp3) is 0.833. The Morgan fingerprint density at radius 3 is 2.00 bits per heavy atom. The summed E-state index contributed by atoms with van der Waals surface area (Å²) in [6, 6.07) is 0. The van der Waals surface area contributed by atoms with Crippen LogP contribution in [0.4, 0.5) is 0 Å². The zero-order valence-corrected chi connectivity index (χ0v) is 14.9. The summed E-state index contributed by atoms with van der Waals surface area (Å²) < 4.78 is 10.1. The lowest BCUT2D eigenvalue weighted by Crippen LogP contribution is -2.21. The van der Waals surface area contributed by atoms with Crippen molar-refractivity contribution in [3.63, 3.8) is 0 Å². The number of rotatable bonds is 14. The molecular weight excluding hydrogens is 296 g/mol. The van der Waals surface area contributed by atoms with E-state index >= 15 is 0 Å². The second kappa shape index (κ2) is 14.2. The molecule has 0 aliphatic heterocycles. The molecule has 0 aromatic carbocycles. The van der Waals surface area contributed by atoms with Crippen LogP contribution in [0.1, 0.15) is 85.0 Å². The quantitative estimate of drug-likeness (QED) is 0.356. The van der Waals surface area contributed by atoms with Crippen LogP contribution in [-0.4, -0.2) is 30.4 Å².